The maximum absolute atomic E-state index is 5.47. The molecule has 0 amide bonds. The van der Waals surface area contributed by atoms with E-state index in [-0.39, 0.29) is 0 Å². The van der Waals surface area contributed by atoms with Gasteiger partial charge < -0.3 is 14.0 Å². The van der Waals surface area contributed by atoms with Gasteiger partial charge in [0, 0.05) is 28.9 Å². The van der Waals surface area contributed by atoms with E-state index in [9.17, 15) is 0 Å². The summed E-state index contributed by atoms with van der Waals surface area (Å²) in [6, 6.07) is 8.36. The van der Waals surface area contributed by atoms with Crippen LogP contribution in [-0.2, 0) is 6.54 Å². The third kappa shape index (κ3) is 2.51. The highest BCUT2D eigenvalue weighted by molar-refractivity contribution is 7.09. The van der Waals surface area contributed by atoms with Crippen molar-refractivity contribution < 1.29 is 9.47 Å². The smallest absolute Gasteiger partial charge is 0.231 e. The molecule has 1 aliphatic heterocycles. The monoisotopic (exact) mass is 326 g/mol. The molecule has 0 saturated heterocycles. The van der Waals surface area contributed by atoms with E-state index in [2.05, 4.69) is 47.0 Å². The second-order valence-corrected chi connectivity index (χ2v) is 6.87. The Kier molecular flexibility index (Phi) is 3.38. The lowest BCUT2D eigenvalue weighted by Gasteiger charge is -2.10. The first-order valence-electron chi connectivity index (χ1n) is 7.59. The van der Waals surface area contributed by atoms with Crippen molar-refractivity contribution >= 4 is 11.3 Å². The van der Waals surface area contributed by atoms with Gasteiger partial charge in [0.25, 0.3) is 0 Å². The molecule has 23 heavy (non-hydrogen) atoms. The standard InChI is InChI=1S/C18H18N2O2S/c1-11-6-15(16-9-23-13(3)19-16)12(2)20(11)8-14-4-5-17-18(7-14)22-10-21-17/h4-7,9H,8,10H2,1-3H3. The molecule has 0 bridgehead atoms. The van der Waals surface area contributed by atoms with E-state index >= 15 is 0 Å². The zero-order chi connectivity index (χ0) is 16.0. The summed E-state index contributed by atoms with van der Waals surface area (Å²) in [5.41, 5.74) is 5.97. The number of hydrogen-bond donors (Lipinski definition) is 0. The van der Waals surface area contributed by atoms with Crippen molar-refractivity contribution in [1.29, 1.82) is 0 Å². The lowest BCUT2D eigenvalue weighted by molar-refractivity contribution is 0.174. The Hall–Kier alpha value is -2.27. The third-order valence-corrected chi connectivity index (χ3v) is 5.02. The topological polar surface area (TPSA) is 36.3 Å². The van der Waals surface area contributed by atoms with E-state index in [4.69, 9.17) is 9.47 Å². The molecular formula is C18H18N2O2S. The van der Waals surface area contributed by atoms with Gasteiger partial charge in [0.1, 0.15) is 0 Å². The van der Waals surface area contributed by atoms with Crippen molar-refractivity contribution in [3.8, 4) is 22.8 Å². The maximum Gasteiger partial charge on any atom is 0.231 e. The molecule has 0 atom stereocenters. The Labute approximate surface area is 139 Å². The summed E-state index contributed by atoms with van der Waals surface area (Å²) in [4.78, 5) is 4.62. The molecule has 0 aliphatic carbocycles. The number of aryl methyl sites for hydroxylation is 2. The minimum atomic E-state index is 0.313. The molecule has 4 rings (SSSR count). The van der Waals surface area contributed by atoms with E-state index < -0.39 is 0 Å². The molecule has 5 heteroatoms. The summed E-state index contributed by atoms with van der Waals surface area (Å²) in [6.45, 7) is 7.47. The van der Waals surface area contributed by atoms with Crippen LogP contribution in [0.4, 0.5) is 0 Å². The Morgan fingerprint density at radius 2 is 1.96 bits per heavy atom. The molecule has 0 unspecified atom stereocenters. The Balaban J connectivity index is 1.68. The molecule has 3 heterocycles. The normalized spacial score (nSPS) is 12.8. The molecule has 0 spiro atoms. The van der Waals surface area contributed by atoms with Gasteiger partial charge >= 0.3 is 0 Å². The zero-order valence-corrected chi connectivity index (χ0v) is 14.2. The van der Waals surface area contributed by atoms with Gasteiger partial charge in [0.15, 0.2) is 11.5 Å². The van der Waals surface area contributed by atoms with Crippen LogP contribution in [-0.4, -0.2) is 16.3 Å². The van der Waals surface area contributed by atoms with E-state index in [0.717, 1.165) is 28.7 Å². The van der Waals surface area contributed by atoms with Gasteiger partial charge in [0.05, 0.1) is 10.7 Å². The molecule has 1 aliphatic rings. The molecule has 0 N–H and O–H groups in total. The Morgan fingerprint density at radius 3 is 2.74 bits per heavy atom. The number of thiazole rings is 1. The molecule has 2 aromatic heterocycles. The minimum absolute atomic E-state index is 0.313. The molecule has 0 radical (unpaired) electrons. The number of fused-ring (bicyclic) bond motifs is 1. The van der Waals surface area contributed by atoms with Crippen LogP contribution in [0.15, 0.2) is 29.6 Å². The summed E-state index contributed by atoms with van der Waals surface area (Å²) >= 11 is 1.69. The fourth-order valence-corrected chi connectivity index (χ4v) is 3.63. The van der Waals surface area contributed by atoms with Gasteiger partial charge in [-0.2, -0.15) is 0 Å². The van der Waals surface area contributed by atoms with Crippen LogP contribution >= 0.6 is 11.3 Å². The number of rotatable bonds is 3. The molecule has 1 aromatic carbocycles. The van der Waals surface area contributed by atoms with Gasteiger partial charge in [-0.3, -0.25) is 0 Å². The fraction of sp³-hybridized carbons (Fsp3) is 0.278. The van der Waals surface area contributed by atoms with Crippen LogP contribution < -0.4 is 9.47 Å². The number of aromatic nitrogens is 2. The Morgan fingerprint density at radius 1 is 1.13 bits per heavy atom. The second-order valence-electron chi connectivity index (χ2n) is 5.81. The lowest BCUT2D eigenvalue weighted by atomic mass is 10.2. The van der Waals surface area contributed by atoms with Gasteiger partial charge in [-0.25, -0.2) is 4.98 Å². The van der Waals surface area contributed by atoms with Gasteiger partial charge in [0.2, 0.25) is 6.79 Å². The Bertz CT molecular complexity index is 879. The minimum Gasteiger partial charge on any atom is -0.454 e. The highest BCUT2D eigenvalue weighted by Crippen LogP contribution is 2.34. The predicted molar refractivity (Wildman–Crippen MR) is 91.4 cm³/mol. The average Bonchev–Trinajstić information content (AvgIpc) is 3.22. The van der Waals surface area contributed by atoms with Crippen LogP contribution in [0.2, 0.25) is 0 Å². The second kappa shape index (κ2) is 5.42. The summed E-state index contributed by atoms with van der Waals surface area (Å²) in [6.07, 6.45) is 0. The van der Waals surface area contributed by atoms with Crippen molar-refractivity contribution in [2.24, 2.45) is 0 Å². The number of nitrogens with zero attached hydrogens (tertiary/aromatic N) is 2. The van der Waals surface area contributed by atoms with Crippen LogP contribution in [0.1, 0.15) is 22.0 Å². The van der Waals surface area contributed by atoms with Crippen LogP contribution in [0.3, 0.4) is 0 Å². The summed E-state index contributed by atoms with van der Waals surface area (Å²) in [5.74, 6) is 1.66. The maximum atomic E-state index is 5.47. The number of benzene rings is 1. The highest BCUT2D eigenvalue weighted by Gasteiger charge is 2.16. The first-order valence-corrected chi connectivity index (χ1v) is 8.47. The highest BCUT2D eigenvalue weighted by atomic mass is 32.1. The first-order chi connectivity index (χ1) is 11.1. The van der Waals surface area contributed by atoms with E-state index in [1.807, 2.05) is 13.0 Å². The van der Waals surface area contributed by atoms with Gasteiger partial charge in [-0.15, -0.1) is 11.3 Å². The van der Waals surface area contributed by atoms with E-state index in [1.165, 1.54) is 22.5 Å². The fourth-order valence-electron chi connectivity index (χ4n) is 3.01. The van der Waals surface area contributed by atoms with Crippen molar-refractivity contribution in [3.05, 3.63) is 51.6 Å². The van der Waals surface area contributed by atoms with Crippen LogP contribution in [0, 0.1) is 20.8 Å². The first kappa shape index (κ1) is 14.3. The molecule has 4 nitrogen and oxygen atoms in total. The van der Waals surface area contributed by atoms with Crippen molar-refractivity contribution in [2.45, 2.75) is 27.3 Å². The quantitative estimate of drug-likeness (QED) is 0.719. The average molecular weight is 326 g/mol. The predicted octanol–water partition coefficient (Wildman–Crippen LogP) is 4.31. The molecular weight excluding hydrogens is 308 g/mol. The van der Waals surface area contributed by atoms with Crippen LogP contribution in [0.25, 0.3) is 11.3 Å². The number of ether oxygens (including phenoxy) is 2. The summed E-state index contributed by atoms with van der Waals surface area (Å²) in [7, 11) is 0. The third-order valence-electron chi connectivity index (χ3n) is 4.25. The summed E-state index contributed by atoms with van der Waals surface area (Å²) < 4.78 is 13.2. The SMILES string of the molecule is Cc1nc(-c2cc(C)n(Cc3ccc4c(c3)OCO4)c2C)cs1. The summed E-state index contributed by atoms with van der Waals surface area (Å²) in [5, 5.41) is 3.22. The van der Waals surface area contributed by atoms with Gasteiger partial charge in [-0.1, -0.05) is 6.07 Å². The number of hydrogen-bond acceptors (Lipinski definition) is 4. The van der Waals surface area contributed by atoms with E-state index in [0.29, 0.717) is 6.79 Å². The van der Waals surface area contributed by atoms with Crippen molar-refractivity contribution in [2.75, 3.05) is 6.79 Å². The molecule has 118 valence electrons. The zero-order valence-electron chi connectivity index (χ0n) is 13.4. The molecule has 0 saturated carbocycles. The molecule has 3 aromatic rings. The van der Waals surface area contributed by atoms with Crippen molar-refractivity contribution in [1.82, 2.24) is 9.55 Å². The molecule has 0 fully saturated rings. The van der Waals surface area contributed by atoms with Crippen LogP contribution in [0.5, 0.6) is 11.5 Å². The van der Waals surface area contributed by atoms with Crippen molar-refractivity contribution in [3.63, 3.8) is 0 Å². The lowest BCUT2D eigenvalue weighted by Crippen LogP contribution is -2.04. The van der Waals surface area contributed by atoms with Gasteiger partial charge in [-0.05, 0) is 44.5 Å². The largest absolute Gasteiger partial charge is 0.454 e. The van der Waals surface area contributed by atoms with E-state index in [1.54, 1.807) is 11.3 Å².